The van der Waals surface area contributed by atoms with Crippen LogP contribution in [0.3, 0.4) is 0 Å². The second-order valence-electron chi connectivity index (χ2n) is 8.27. The maximum atomic E-state index is 11.7. The lowest BCUT2D eigenvalue weighted by atomic mass is 9.87. The van der Waals surface area contributed by atoms with Crippen LogP contribution in [0.4, 0.5) is 5.69 Å². The van der Waals surface area contributed by atoms with Crippen molar-refractivity contribution in [1.29, 1.82) is 0 Å². The second-order valence-corrected chi connectivity index (χ2v) is 9.28. The number of ketones is 1. The Morgan fingerprint density at radius 2 is 1.97 bits per heavy atom. The van der Waals surface area contributed by atoms with Crippen LogP contribution in [0.5, 0.6) is 0 Å². The molecule has 164 valence electrons. The number of Topliss-reactive ketones (excluding diaryl/α,β-unsaturated/α-hetero) is 1. The van der Waals surface area contributed by atoms with Gasteiger partial charge in [0.05, 0.1) is 5.56 Å². The third-order valence-corrected chi connectivity index (χ3v) is 7.25. The summed E-state index contributed by atoms with van der Waals surface area (Å²) in [7, 11) is 1.89. The van der Waals surface area contributed by atoms with E-state index in [0.717, 1.165) is 63.8 Å². The van der Waals surface area contributed by atoms with Gasteiger partial charge in [-0.1, -0.05) is 11.3 Å². The van der Waals surface area contributed by atoms with Gasteiger partial charge in [-0.3, -0.25) is 9.36 Å². The van der Waals surface area contributed by atoms with Crippen LogP contribution in [-0.4, -0.2) is 43.6 Å². The van der Waals surface area contributed by atoms with Gasteiger partial charge in [-0.2, -0.15) is 0 Å². The Bertz CT molecular complexity index is 1290. The van der Waals surface area contributed by atoms with Crippen molar-refractivity contribution in [3.63, 3.8) is 0 Å². The first-order valence-corrected chi connectivity index (χ1v) is 11.6. The summed E-state index contributed by atoms with van der Waals surface area (Å²) in [6, 6.07) is 6.10. The summed E-state index contributed by atoms with van der Waals surface area (Å²) >= 11 is 1.64. The molecule has 0 aliphatic heterocycles. The van der Waals surface area contributed by atoms with Crippen LogP contribution in [0.1, 0.15) is 53.9 Å². The van der Waals surface area contributed by atoms with Gasteiger partial charge >= 0.3 is 0 Å². The Morgan fingerprint density at radius 3 is 2.72 bits per heavy atom. The molecule has 0 radical (unpaired) electrons. The van der Waals surface area contributed by atoms with E-state index >= 15 is 0 Å². The van der Waals surface area contributed by atoms with Gasteiger partial charge in [0.1, 0.15) is 16.5 Å². The third kappa shape index (κ3) is 3.78. The number of nitrogens with one attached hydrogen (secondary N) is 1. The van der Waals surface area contributed by atoms with Gasteiger partial charge in [0.15, 0.2) is 10.8 Å². The van der Waals surface area contributed by atoms with Crippen molar-refractivity contribution in [2.45, 2.75) is 44.6 Å². The molecule has 8 nitrogen and oxygen atoms in total. The zero-order chi connectivity index (χ0) is 22.2. The SMILES string of the molecule is CNc1cc(-n2ccc3cc(C(C)=O)cnc32)ncc1-c1nnc(C2CCC(N)CC2)s1. The summed E-state index contributed by atoms with van der Waals surface area (Å²) < 4.78 is 1.92. The van der Waals surface area contributed by atoms with Gasteiger partial charge in [0, 0.05) is 60.3 Å². The number of pyridine rings is 2. The maximum Gasteiger partial charge on any atom is 0.161 e. The van der Waals surface area contributed by atoms with Crippen LogP contribution < -0.4 is 11.1 Å². The zero-order valence-electron chi connectivity index (χ0n) is 18.1. The Hall–Kier alpha value is -3.17. The molecule has 0 spiro atoms. The minimum Gasteiger partial charge on any atom is -0.387 e. The number of anilines is 1. The lowest BCUT2D eigenvalue weighted by Gasteiger charge is -2.23. The van der Waals surface area contributed by atoms with E-state index in [9.17, 15) is 4.79 Å². The highest BCUT2D eigenvalue weighted by Gasteiger charge is 2.24. The first kappa shape index (κ1) is 20.7. The van der Waals surface area contributed by atoms with Gasteiger partial charge in [0.2, 0.25) is 0 Å². The van der Waals surface area contributed by atoms with Crippen molar-refractivity contribution in [2.24, 2.45) is 5.73 Å². The standard InChI is InChI=1S/C23H25N7OS/c1-13(31)16-9-15-7-8-30(21(15)27-11-16)20-10-19(25-2)18(12-26-20)23-29-28-22(32-23)14-3-5-17(24)6-4-14/h7-12,14,17H,3-6,24H2,1-2H3,(H,25,26). The van der Waals surface area contributed by atoms with Crippen molar-refractivity contribution in [2.75, 3.05) is 12.4 Å². The summed E-state index contributed by atoms with van der Waals surface area (Å²) in [6.07, 6.45) is 9.60. The van der Waals surface area contributed by atoms with E-state index in [-0.39, 0.29) is 5.78 Å². The first-order valence-electron chi connectivity index (χ1n) is 10.8. The quantitative estimate of drug-likeness (QED) is 0.442. The van der Waals surface area contributed by atoms with Gasteiger partial charge in [-0.25, -0.2) is 9.97 Å². The van der Waals surface area contributed by atoms with Crippen LogP contribution in [0.2, 0.25) is 0 Å². The van der Waals surface area contributed by atoms with E-state index < -0.39 is 0 Å². The molecule has 3 N–H and O–H groups in total. The van der Waals surface area contributed by atoms with Crippen molar-refractivity contribution >= 4 is 33.8 Å². The van der Waals surface area contributed by atoms with E-state index in [1.54, 1.807) is 24.5 Å². The van der Waals surface area contributed by atoms with E-state index in [1.165, 1.54) is 0 Å². The summed E-state index contributed by atoms with van der Waals surface area (Å²) in [5.74, 6) is 1.19. The Labute approximate surface area is 189 Å². The van der Waals surface area contributed by atoms with E-state index in [0.29, 0.717) is 17.5 Å². The molecule has 1 saturated carbocycles. The molecule has 1 fully saturated rings. The number of aromatic nitrogens is 5. The number of nitrogens with zero attached hydrogens (tertiary/aromatic N) is 5. The van der Waals surface area contributed by atoms with Crippen LogP contribution in [0.25, 0.3) is 27.4 Å². The fourth-order valence-corrected chi connectivity index (χ4v) is 5.27. The Balaban J connectivity index is 1.46. The second kappa shape index (κ2) is 8.40. The summed E-state index contributed by atoms with van der Waals surface area (Å²) in [6.45, 7) is 1.54. The minimum atomic E-state index is -0.000375. The molecule has 0 atom stereocenters. The molecule has 0 saturated heterocycles. The van der Waals surface area contributed by atoms with Crippen LogP contribution in [-0.2, 0) is 0 Å². The van der Waals surface area contributed by atoms with Gasteiger partial charge < -0.3 is 11.1 Å². The molecule has 0 unspecified atom stereocenters. The Morgan fingerprint density at radius 1 is 1.16 bits per heavy atom. The number of hydrogen-bond donors (Lipinski definition) is 2. The molecule has 1 aliphatic rings. The third-order valence-electron chi connectivity index (χ3n) is 6.13. The van der Waals surface area contributed by atoms with Crippen molar-refractivity contribution < 1.29 is 4.79 Å². The number of carbonyl (C=O) groups is 1. The zero-order valence-corrected chi connectivity index (χ0v) is 18.9. The highest BCUT2D eigenvalue weighted by atomic mass is 32.1. The minimum absolute atomic E-state index is 0.000375. The molecule has 0 bridgehead atoms. The van der Waals surface area contributed by atoms with Crippen LogP contribution >= 0.6 is 11.3 Å². The first-order chi connectivity index (χ1) is 15.5. The monoisotopic (exact) mass is 447 g/mol. The normalized spacial score (nSPS) is 18.7. The topological polar surface area (TPSA) is 112 Å². The lowest BCUT2D eigenvalue weighted by molar-refractivity contribution is 0.101. The average molecular weight is 448 g/mol. The van der Waals surface area contributed by atoms with Crippen LogP contribution in [0.15, 0.2) is 36.8 Å². The molecule has 0 amide bonds. The predicted molar refractivity (Wildman–Crippen MR) is 127 cm³/mol. The molecule has 5 rings (SSSR count). The van der Waals surface area contributed by atoms with Gasteiger partial charge in [-0.15, -0.1) is 10.2 Å². The number of nitrogens with two attached hydrogens (primary N) is 1. The fraction of sp³-hybridized carbons (Fsp3) is 0.348. The molecule has 0 aromatic carbocycles. The molecule has 32 heavy (non-hydrogen) atoms. The molecule has 1 aliphatic carbocycles. The van der Waals surface area contributed by atoms with Crippen LogP contribution in [0, 0.1) is 0 Å². The smallest absolute Gasteiger partial charge is 0.161 e. The molecule has 9 heteroatoms. The highest BCUT2D eigenvalue weighted by molar-refractivity contribution is 7.14. The van der Waals surface area contributed by atoms with E-state index in [4.69, 9.17) is 5.73 Å². The van der Waals surface area contributed by atoms with Gasteiger partial charge in [-0.05, 0) is 44.7 Å². The average Bonchev–Trinajstić information content (AvgIpc) is 3.46. The number of rotatable bonds is 5. The molecule has 4 heterocycles. The lowest BCUT2D eigenvalue weighted by Crippen LogP contribution is -2.25. The number of hydrogen-bond acceptors (Lipinski definition) is 8. The molecule has 4 aromatic rings. The largest absolute Gasteiger partial charge is 0.387 e. The predicted octanol–water partition coefficient (Wildman–Crippen LogP) is 4.17. The highest BCUT2D eigenvalue weighted by Crippen LogP contribution is 2.38. The molecule has 4 aromatic heterocycles. The van der Waals surface area contributed by atoms with Crippen molar-refractivity contribution in [3.05, 3.63) is 47.4 Å². The number of carbonyl (C=O) groups excluding carboxylic acids is 1. The van der Waals surface area contributed by atoms with E-state index in [2.05, 4.69) is 25.5 Å². The maximum absolute atomic E-state index is 11.7. The fourth-order valence-electron chi connectivity index (χ4n) is 4.23. The summed E-state index contributed by atoms with van der Waals surface area (Å²) in [5, 5.41) is 15.1. The number of fused-ring (bicyclic) bond motifs is 1. The van der Waals surface area contributed by atoms with Crippen molar-refractivity contribution in [1.82, 2.24) is 24.7 Å². The van der Waals surface area contributed by atoms with Crippen molar-refractivity contribution in [3.8, 4) is 16.4 Å². The summed E-state index contributed by atoms with van der Waals surface area (Å²) in [4.78, 5) is 20.8. The molecular weight excluding hydrogens is 422 g/mol. The Kier molecular flexibility index (Phi) is 5.44. The van der Waals surface area contributed by atoms with Gasteiger partial charge in [0.25, 0.3) is 0 Å². The van der Waals surface area contributed by atoms with E-state index in [1.807, 2.05) is 42.2 Å². The summed E-state index contributed by atoms with van der Waals surface area (Å²) in [5.41, 5.74) is 9.25. The molecular formula is C23H25N7OS.